The first-order chi connectivity index (χ1) is 6.07. The molecule has 0 aromatic heterocycles. The highest BCUT2D eigenvalue weighted by Crippen LogP contribution is 1.99. The van der Waals surface area contributed by atoms with Gasteiger partial charge in [0.05, 0.1) is 7.11 Å². The first-order valence-electron chi connectivity index (χ1n) is 3.63. The Morgan fingerprint density at radius 1 is 1.54 bits per heavy atom. The van der Waals surface area contributed by atoms with Gasteiger partial charge in [0.2, 0.25) is 0 Å². The average molecular weight is 251 g/mol. The molecule has 0 amide bonds. The van der Waals surface area contributed by atoms with Gasteiger partial charge in [-0.2, -0.15) is 0 Å². The van der Waals surface area contributed by atoms with Crippen LogP contribution in [0, 0.1) is 0 Å². The third-order valence-corrected chi connectivity index (χ3v) is 1.48. The number of ether oxygens (including phenoxy) is 2. The van der Waals surface area contributed by atoms with Crippen molar-refractivity contribution in [1.29, 1.82) is 0 Å². The summed E-state index contributed by atoms with van der Waals surface area (Å²) in [6.07, 6.45) is 2.62. The maximum atomic E-state index is 10.8. The normalized spacial score (nSPS) is 12.5. The highest BCUT2D eigenvalue weighted by molar-refractivity contribution is 9.10. The van der Waals surface area contributed by atoms with Crippen LogP contribution in [0.15, 0.2) is 12.2 Å². The van der Waals surface area contributed by atoms with Crippen LogP contribution in [0.1, 0.15) is 6.92 Å². The lowest BCUT2D eigenvalue weighted by Crippen LogP contribution is -2.13. The van der Waals surface area contributed by atoms with E-state index in [9.17, 15) is 9.59 Å². The zero-order valence-corrected chi connectivity index (χ0v) is 9.04. The maximum absolute atomic E-state index is 10.8. The molecular formula is C8H11BrO4. The summed E-state index contributed by atoms with van der Waals surface area (Å²) in [7, 11) is 1.28. The Morgan fingerprint density at radius 2 is 2.15 bits per heavy atom. The number of alkyl halides is 1. The third kappa shape index (κ3) is 6.33. The van der Waals surface area contributed by atoms with Crippen molar-refractivity contribution in [3.05, 3.63) is 12.2 Å². The van der Waals surface area contributed by atoms with Crippen molar-refractivity contribution >= 4 is 27.9 Å². The summed E-state index contributed by atoms with van der Waals surface area (Å²) in [4.78, 5) is 21.0. The molecule has 0 rings (SSSR count). The first kappa shape index (κ1) is 12.2. The minimum absolute atomic E-state index is 0.0733. The SMILES string of the molecule is COC(=O)/C=C/COC(=O)C(C)Br. The van der Waals surface area contributed by atoms with Crippen molar-refractivity contribution in [1.82, 2.24) is 0 Å². The van der Waals surface area contributed by atoms with E-state index in [1.807, 2.05) is 0 Å². The van der Waals surface area contributed by atoms with E-state index >= 15 is 0 Å². The van der Waals surface area contributed by atoms with Crippen LogP contribution in [-0.2, 0) is 19.1 Å². The van der Waals surface area contributed by atoms with Gasteiger partial charge in [-0.05, 0) is 13.0 Å². The summed E-state index contributed by atoms with van der Waals surface area (Å²) in [5.41, 5.74) is 0. The molecule has 1 unspecified atom stereocenters. The molecule has 4 nitrogen and oxygen atoms in total. The van der Waals surface area contributed by atoms with Crippen molar-refractivity contribution in [2.45, 2.75) is 11.8 Å². The smallest absolute Gasteiger partial charge is 0.330 e. The van der Waals surface area contributed by atoms with E-state index in [2.05, 4.69) is 20.7 Å². The Balaban J connectivity index is 3.62. The van der Waals surface area contributed by atoms with Crippen LogP contribution in [0.25, 0.3) is 0 Å². The molecule has 0 saturated heterocycles. The lowest BCUT2D eigenvalue weighted by atomic mass is 10.5. The van der Waals surface area contributed by atoms with Crippen LogP contribution in [0.2, 0.25) is 0 Å². The van der Waals surface area contributed by atoms with Crippen molar-refractivity contribution in [3.63, 3.8) is 0 Å². The van der Waals surface area contributed by atoms with Gasteiger partial charge in [-0.3, -0.25) is 4.79 Å². The second-order valence-electron chi connectivity index (χ2n) is 2.17. The van der Waals surface area contributed by atoms with Gasteiger partial charge in [-0.1, -0.05) is 15.9 Å². The van der Waals surface area contributed by atoms with Crippen LogP contribution in [0.5, 0.6) is 0 Å². The Labute approximate surface area is 85.0 Å². The molecule has 0 aliphatic carbocycles. The second-order valence-corrected chi connectivity index (χ2v) is 3.55. The van der Waals surface area contributed by atoms with Crippen LogP contribution >= 0.6 is 15.9 Å². The summed E-state index contributed by atoms with van der Waals surface area (Å²) >= 11 is 3.04. The van der Waals surface area contributed by atoms with Gasteiger partial charge in [-0.15, -0.1) is 0 Å². The number of halogens is 1. The predicted octanol–water partition coefficient (Wildman–Crippen LogP) is 1.04. The minimum Gasteiger partial charge on any atom is -0.466 e. The molecule has 0 fully saturated rings. The molecule has 13 heavy (non-hydrogen) atoms. The Hall–Kier alpha value is -0.840. The molecule has 1 atom stereocenters. The molecule has 0 saturated carbocycles. The molecule has 0 aliphatic rings. The average Bonchev–Trinajstić information content (AvgIpc) is 2.11. The summed E-state index contributed by atoms with van der Waals surface area (Å²) in [5.74, 6) is -0.836. The number of methoxy groups -OCH3 is 1. The molecule has 0 N–H and O–H groups in total. The molecule has 0 aliphatic heterocycles. The largest absolute Gasteiger partial charge is 0.466 e. The van der Waals surface area contributed by atoms with E-state index in [0.717, 1.165) is 0 Å². The summed E-state index contributed by atoms with van der Waals surface area (Å²) < 4.78 is 9.05. The van der Waals surface area contributed by atoms with E-state index in [4.69, 9.17) is 4.74 Å². The van der Waals surface area contributed by atoms with Gasteiger partial charge >= 0.3 is 11.9 Å². The number of esters is 2. The fourth-order valence-electron chi connectivity index (χ4n) is 0.457. The van der Waals surface area contributed by atoms with E-state index < -0.39 is 5.97 Å². The van der Waals surface area contributed by atoms with E-state index in [-0.39, 0.29) is 17.4 Å². The third-order valence-electron chi connectivity index (χ3n) is 1.10. The molecule has 0 spiro atoms. The molecule has 0 aromatic rings. The minimum atomic E-state index is -0.470. The number of carbonyl (C=O) groups is 2. The number of rotatable bonds is 4. The van der Waals surface area contributed by atoms with Crippen molar-refractivity contribution in [2.75, 3.05) is 13.7 Å². The molecular weight excluding hydrogens is 240 g/mol. The van der Waals surface area contributed by atoms with Gasteiger partial charge < -0.3 is 9.47 Å². The van der Waals surface area contributed by atoms with Crippen LogP contribution < -0.4 is 0 Å². The second kappa shape index (κ2) is 6.65. The highest BCUT2D eigenvalue weighted by atomic mass is 79.9. The number of hydrogen-bond donors (Lipinski definition) is 0. The summed E-state index contributed by atoms with van der Waals surface area (Å²) in [5, 5.41) is 0. The lowest BCUT2D eigenvalue weighted by Gasteiger charge is -2.01. The molecule has 5 heteroatoms. The fraction of sp³-hybridized carbons (Fsp3) is 0.500. The van der Waals surface area contributed by atoms with Gasteiger partial charge in [0.25, 0.3) is 0 Å². The zero-order valence-electron chi connectivity index (χ0n) is 7.45. The van der Waals surface area contributed by atoms with E-state index in [1.165, 1.54) is 19.3 Å². The Bertz CT molecular complexity index is 210. The quantitative estimate of drug-likeness (QED) is 0.425. The Morgan fingerprint density at radius 3 is 2.62 bits per heavy atom. The first-order valence-corrected chi connectivity index (χ1v) is 4.54. The molecule has 0 heterocycles. The summed E-state index contributed by atoms with van der Waals surface area (Å²) in [6, 6.07) is 0. The molecule has 0 aromatic carbocycles. The predicted molar refractivity (Wildman–Crippen MR) is 50.5 cm³/mol. The number of hydrogen-bond acceptors (Lipinski definition) is 4. The van der Waals surface area contributed by atoms with Gasteiger partial charge in [-0.25, -0.2) is 4.79 Å². The lowest BCUT2D eigenvalue weighted by molar-refractivity contribution is -0.141. The molecule has 74 valence electrons. The van der Waals surface area contributed by atoms with Gasteiger partial charge in [0.15, 0.2) is 0 Å². The van der Waals surface area contributed by atoms with Crippen molar-refractivity contribution in [3.8, 4) is 0 Å². The maximum Gasteiger partial charge on any atom is 0.330 e. The molecule has 0 radical (unpaired) electrons. The topological polar surface area (TPSA) is 52.6 Å². The van der Waals surface area contributed by atoms with Crippen LogP contribution in [0.3, 0.4) is 0 Å². The monoisotopic (exact) mass is 250 g/mol. The van der Waals surface area contributed by atoms with Crippen LogP contribution in [0.4, 0.5) is 0 Å². The number of carbonyl (C=O) groups excluding carboxylic acids is 2. The van der Waals surface area contributed by atoms with E-state index in [0.29, 0.717) is 0 Å². The van der Waals surface area contributed by atoms with Gasteiger partial charge in [0, 0.05) is 6.08 Å². The van der Waals surface area contributed by atoms with Gasteiger partial charge in [0.1, 0.15) is 11.4 Å². The summed E-state index contributed by atoms with van der Waals surface area (Å²) in [6.45, 7) is 1.73. The van der Waals surface area contributed by atoms with Crippen molar-refractivity contribution < 1.29 is 19.1 Å². The zero-order chi connectivity index (χ0) is 10.3. The highest BCUT2D eigenvalue weighted by Gasteiger charge is 2.08. The van der Waals surface area contributed by atoms with Crippen LogP contribution in [-0.4, -0.2) is 30.5 Å². The standard InChI is InChI=1S/C8H11BrO4/c1-6(9)8(11)13-5-3-4-7(10)12-2/h3-4,6H,5H2,1-2H3/b4-3+. The van der Waals surface area contributed by atoms with Crippen molar-refractivity contribution in [2.24, 2.45) is 0 Å². The Kier molecular flexibility index (Phi) is 6.22. The fourth-order valence-corrected chi connectivity index (χ4v) is 0.590. The van der Waals surface area contributed by atoms with E-state index in [1.54, 1.807) is 6.92 Å². The molecule has 0 bridgehead atoms.